The smallest absolute Gasteiger partial charge is 0.389 e. The highest BCUT2D eigenvalue weighted by Crippen LogP contribution is 2.21. The van der Waals surface area contributed by atoms with Crippen LogP contribution in [0.2, 0.25) is 0 Å². The van der Waals surface area contributed by atoms with Crippen molar-refractivity contribution in [3.63, 3.8) is 0 Å². The fourth-order valence-corrected chi connectivity index (χ4v) is 1.68. The summed E-state index contributed by atoms with van der Waals surface area (Å²) in [5.41, 5.74) is 0.819. The Hall–Kier alpha value is -2.44. The SMILES string of the molecule is Cc1nc([N+](=O)[O-])c2cc(CC(=O)O)ccn12. The van der Waals surface area contributed by atoms with Gasteiger partial charge in [-0.15, -0.1) is 0 Å². The first-order valence-corrected chi connectivity index (χ1v) is 4.83. The average molecular weight is 235 g/mol. The number of carboxylic acid groups (broad SMARTS) is 1. The van der Waals surface area contributed by atoms with Crippen LogP contribution in [0.25, 0.3) is 5.52 Å². The van der Waals surface area contributed by atoms with Crippen molar-refractivity contribution in [2.24, 2.45) is 0 Å². The number of aromatic nitrogens is 2. The minimum atomic E-state index is -0.978. The molecule has 0 aliphatic rings. The molecule has 1 N–H and O–H groups in total. The Morgan fingerprint density at radius 1 is 1.65 bits per heavy atom. The lowest BCUT2D eigenvalue weighted by atomic mass is 10.2. The van der Waals surface area contributed by atoms with Crippen molar-refractivity contribution < 1.29 is 14.8 Å². The summed E-state index contributed by atoms with van der Waals surface area (Å²) in [6.45, 7) is 1.65. The molecular weight excluding hydrogens is 226 g/mol. The lowest BCUT2D eigenvalue weighted by molar-refractivity contribution is -0.387. The molecule has 0 saturated heterocycles. The Kier molecular flexibility index (Phi) is 2.51. The molecule has 7 nitrogen and oxygen atoms in total. The molecule has 0 spiro atoms. The molecule has 0 radical (unpaired) electrons. The molecule has 2 rings (SSSR count). The lowest BCUT2D eigenvalue weighted by Crippen LogP contribution is -2.01. The molecular formula is C10H9N3O4. The lowest BCUT2D eigenvalue weighted by Gasteiger charge is -1.98. The van der Waals surface area contributed by atoms with E-state index >= 15 is 0 Å². The van der Waals surface area contributed by atoms with Crippen molar-refractivity contribution in [3.05, 3.63) is 39.8 Å². The van der Waals surface area contributed by atoms with Crippen molar-refractivity contribution in [2.75, 3.05) is 0 Å². The quantitative estimate of drug-likeness (QED) is 0.636. The van der Waals surface area contributed by atoms with E-state index in [2.05, 4.69) is 4.98 Å². The number of hydrogen-bond donors (Lipinski definition) is 1. The minimum absolute atomic E-state index is 0.169. The maximum atomic E-state index is 10.8. The predicted molar refractivity (Wildman–Crippen MR) is 57.9 cm³/mol. The van der Waals surface area contributed by atoms with Gasteiger partial charge in [-0.25, -0.2) is 0 Å². The van der Waals surface area contributed by atoms with Gasteiger partial charge in [-0.05, 0) is 27.6 Å². The van der Waals surface area contributed by atoms with E-state index in [9.17, 15) is 14.9 Å². The van der Waals surface area contributed by atoms with E-state index in [1.165, 1.54) is 6.07 Å². The van der Waals surface area contributed by atoms with Crippen LogP contribution < -0.4 is 0 Å². The molecule has 2 aromatic heterocycles. The molecule has 0 aliphatic heterocycles. The summed E-state index contributed by atoms with van der Waals surface area (Å²) in [5.74, 6) is -0.739. The van der Waals surface area contributed by atoms with Gasteiger partial charge >= 0.3 is 11.8 Å². The number of pyridine rings is 1. The zero-order valence-corrected chi connectivity index (χ0v) is 8.95. The van der Waals surface area contributed by atoms with E-state index in [0.717, 1.165) is 0 Å². The number of hydrogen-bond acceptors (Lipinski definition) is 4. The summed E-state index contributed by atoms with van der Waals surface area (Å²) in [5, 5.41) is 19.4. The Morgan fingerprint density at radius 2 is 2.35 bits per heavy atom. The van der Waals surface area contributed by atoms with Gasteiger partial charge in [0.2, 0.25) is 5.82 Å². The van der Waals surface area contributed by atoms with E-state index in [4.69, 9.17) is 5.11 Å². The maximum Gasteiger partial charge on any atom is 0.389 e. The van der Waals surface area contributed by atoms with Gasteiger partial charge in [0.15, 0.2) is 0 Å². The van der Waals surface area contributed by atoms with Gasteiger partial charge in [0.25, 0.3) is 0 Å². The van der Waals surface area contributed by atoms with Crippen molar-refractivity contribution >= 4 is 17.3 Å². The molecule has 17 heavy (non-hydrogen) atoms. The summed E-state index contributed by atoms with van der Waals surface area (Å²) in [7, 11) is 0. The van der Waals surface area contributed by atoms with Crippen molar-refractivity contribution in [1.29, 1.82) is 0 Å². The summed E-state index contributed by atoms with van der Waals surface area (Å²) < 4.78 is 1.56. The van der Waals surface area contributed by atoms with E-state index < -0.39 is 10.9 Å². The fourth-order valence-electron chi connectivity index (χ4n) is 1.68. The standard InChI is InChI=1S/C10H9N3O4/c1-6-11-10(13(16)17)8-4-7(5-9(14)15)2-3-12(6)8/h2-4H,5H2,1H3,(H,14,15). The second-order valence-electron chi connectivity index (χ2n) is 3.60. The van der Waals surface area contributed by atoms with Crippen molar-refractivity contribution in [1.82, 2.24) is 9.38 Å². The first-order valence-electron chi connectivity index (χ1n) is 4.83. The normalized spacial score (nSPS) is 10.6. The molecule has 2 heterocycles. The van der Waals surface area contributed by atoms with Gasteiger partial charge in [-0.3, -0.25) is 9.20 Å². The molecule has 0 amide bonds. The maximum absolute atomic E-state index is 10.8. The Morgan fingerprint density at radius 3 is 2.94 bits per heavy atom. The summed E-state index contributed by atoms with van der Waals surface area (Å²) >= 11 is 0. The van der Waals surface area contributed by atoms with Crippen LogP contribution in [0.15, 0.2) is 18.3 Å². The highest BCUT2D eigenvalue weighted by Gasteiger charge is 2.19. The van der Waals surface area contributed by atoms with Gasteiger partial charge < -0.3 is 15.2 Å². The van der Waals surface area contributed by atoms with E-state index in [0.29, 0.717) is 16.9 Å². The average Bonchev–Trinajstić information content (AvgIpc) is 2.55. The topological polar surface area (TPSA) is 97.7 Å². The predicted octanol–water partition coefficient (Wildman–Crippen LogP) is 1.18. The second kappa shape index (κ2) is 3.85. The number of carboxylic acids is 1. The molecule has 0 aliphatic carbocycles. The Labute approximate surface area is 95.5 Å². The van der Waals surface area contributed by atoms with Crippen LogP contribution >= 0.6 is 0 Å². The molecule has 0 bridgehead atoms. The number of aliphatic carboxylic acids is 1. The zero-order chi connectivity index (χ0) is 12.6. The molecule has 0 fully saturated rings. The monoisotopic (exact) mass is 235 g/mol. The third-order valence-corrected chi connectivity index (χ3v) is 2.39. The van der Waals surface area contributed by atoms with Gasteiger partial charge in [-0.1, -0.05) is 0 Å². The summed E-state index contributed by atoms with van der Waals surface area (Å²) in [6, 6.07) is 3.09. The summed E-state index contributed by atoms with van der Waals surface area (Å²) in [6.07, 6.45) is 1.42. The second-order valence-corrected chi connectivity index (χ2v) is 3.60. The first kappa shape index (κ1) is 11.1. The third-order valence-electron chi connectivity index (χ3n) is 2.39. The molecule has 0 unspecified atom stereocenters. The number of nitro groups is 1. The van der Waals surface area contributed by atoms with Crippen molar-refractivity contribution in [2.45, 2.75) is 13.3 Å². The van der Waals surface area contributed by atoms with E-state index in [1.807, 2.05) is 0 Å². The number of carbonyl (C=O) groups is 1. The van der Waals surface area contributed by atoms with Gasteiger partial charge in [0, 0.05) is 13.1 Å². The highest BCUT2D eigenvalue weighted by molar-refractivity contribution is 5.72. The largest absolute Gasteiger partial charge is 0.481 e. The Balaban J connectivity index is 2.62. The number of imidazole rings is 1. The number of nitrogens with zero attached hydrogens (tertiary/aromatic N) is 3. The first-order chi connectivity index (χ1) is 7.99. The Bertz CT molecular complexity index is 617. The summed E-state index contributed by atoms with van der Waals surface area (Å²) in [4.78, 5) is 24.6. The number of fused-ring (bicyclic) bond motifs is 1. The van der Waals surface area contributed by atoms with Gasteiger partial charge in [0.05, 0.1) is 6.42 Å². The van der Waals surface area contributed by atoms with Crippen LogP contribution in [-0.4, -0.2) is 25.4 Å². The van der Waals surface area contributed by atoms with Crippen LogP contribution in [0.1, 0.15) is 11.4 Å². The van der Waals surface area contributed by atoms with E-state index in [1.54, 1.807) is 23.6 Å². The zero-order valence-electron chi connectivity index (χ0n) is 8.95. The van der Waals surface area contributed by atoms with Crippen LogP contribution in [-0.2, 0) is 11.2 Å². The molecule has 0 atom stereocenters. The van der Waals surface area contributed by atoms with Crippen LogP contribution in [0.5, 0.6) is 0 Å². The van der Waals surface area contributed by atoms with Crippen molar-refractivity contribution in [3.8, 4) is 0 Å². The molecule has 7 heteroatoms. The van der Waals surface area contributed by atoms with Crippen LogP contribution in [0.3, 0.4) is 0 Å². The van der Waals surface area contributed by atoms with Gasteiger partial charge in [-0.2, -0.15) is 0 Å². The molecule has 88 valence electrons. The van der Waals surface area contributed by atoms with Crippen LogP contribution in [0, 0.1) is 17.0 Å². The minimum Gasteiger partial charge on any atom is -0.481 e. The third kappa shape index (κ3) is 1.94. The fraction of sp³-hybridized carbons (Fsp3) is 0.200. The number of aryl methyl sites for hydroxylation is 1. The molecule has 0 aromatic carbocycles. The van der Waals surface area contributed by atoms with Gasteiger partial charge in [0.1, 0.15) is 5.52 Å². The highest BCUT2D eigenvalue weighted by atomic mass is 16.6. The van der Waals surface area contributed by atoms with E-state index in [-0.39, 0.29) is 12.2 Å². The molecule has 0 saturated carbocycles. The van der Waals surface area contributed by atoms with Crippen LogP contribution in [0.4, 0.5) is 5.82 Å². The molecule has 2 aromatic rings. The number of rotatable bonds is 3.